The number of hydrogen-bond acceptors (Lipinski definition) is 5. The molecule has 1 heterocycles. The quantitative estimate of drug-likeness (QED) is 0.919. The molecular formula is C18H19NO4S. The molecule has 2 aliphatic rings. The van der Waals surface area contributed by atoms with Crippen molar-refractivity contribution in [2.45, 2.75) is 23.0 Å². The Hall–Kier alpha value is -2.05. The van der Waals surface area contributed by atoms with Crippen LogP contribution in [-0.4, -0.2) is 27.0 Å². The number of rotatable bonds is 4. The fraction of sp³-hybridized carbons (Fsp3) is 0.333. The highest BCUT2D eigenvalue weighted by molar-refractivity contribution is 7.92. The molecular weight excluding hydrogens is 326 g/mol. The second-order valence-corrected chi connectivity index (χ2v) is 8.47. The first-order chi connectivity index (χ1) is 11.5. The monoisotopic (exact) mass is 345 g/mol. The maximum atomic E-state index is 13.0. The van der Waals surface area contributed by atoms with Gasteiger partial charge in [-0.15, -0.1) is 0 Å². The van der Waals surface area contributed by atoms with Crippen LogP contribution in [0.3, 0.4) is 0 Å². The number of aryl methyl sites for hydroxylation is 1. The summed E-state index contributed by atoms with van der Waals surface area (Å²) in [7, 11) is -3.41. The summed E-state index contributed by atoms with van der Waals surface area (Å²) in [6.07, 6.45) is 0. The first kappa shape index (κ1) is 15.5. The van der Waals surface area contributed by atoms with Crippen LogP contribution in [0, 0.1) is 12.8 Å². The minimum atomic E-state index is -3.41. The van der Waals surface area contributed by atoms with E-state index in [1.807, 2.05) is 37.3 Å². The van der Waals surface area contributed by atoms with Crippen LogP contribution in [0.2, 0.25) is 0 Å². The first-order valence-electron chi connectivity index (χ1n) is 7.92. The number of hydrogen-bond donors (Lipinski definition) is 1. The fourth-order valence-electron chi connectivity index (χ4n) is 3.49. The van der Waals surface area contributed by atoms with E-state index in [2.05, 4.69) is 0 Å². The lowest BCUT2D eigenvalue weighted by molar-refractivity contribution is 0.174. The van der Waals surface area contributed by atoms with Gasteiger partial charge in [-0.2, -0.15) is 0 Å². The van der Waals surface area contributed by atoms with Crippen molar-refractivity contribution in [3.63, 3.8) is 0 Å². The summed E-state index contributed by atoms with van der Waals surface area (Å²) in [6.45, 7) is 2.48. The zero-order valence-electron chi connectivity index (χ0n) is 13.3. The van der Waals surface area contributed by atoms with Gasteiger partial charge >= 0.3 is 0 Å². The van der Waals surface area contributed by atoms with Gasteiger partial charge in [0.15, 0.2) is 21.3 Å². The molecule has 4 rings (SSSR count). The minimum Gasteiger partial charge on any atom is -0.454 e. The summed E-state index contributed by atoms with van der Waals surface area (Å²) in [5.41, 5.74) is 7.82. The molecule has 0 bridgehead atoms. The first-order valence-corrected chi connectivity index (χ1v) is 9.47. The van der Waals surface area contributed by atoms with Crippen LogP contribution < -0.4 is 15.2 Å². The highest BCUT2D eigenvalue weighted by Crippen LogP contribution is 2.54. The Morgan fingerprint density at radius 1 is 1.08 bits per heavy atom. The Morgan fingerprint density at radius 2 is 1.79 bits per heavy atom. The van der Waals surface area contributed by atoms with E-state index < -0.39 is 15.1 Å². The van der Waals surface area contributed by atoms with Crippen LogP contribution in [0.15, 0.2) is 47.4 Å². The summed E-state index contributed by atoms with van der Waals surface area (Å²) in [5.74, 6) is 1.19. The van der Waals surface area contributed by atoms with Crippen LogP contribution in [0.4, 0.5) is 0 Å². The average Bonchev–Trinajstić information content (AvgIpc) is 3.15. The Morgan fingerprint density at radius 3 is 2.50 bits per heavy atom. The van der Waals surface area contributed by atoms with Crippen LogP contribution in [0.5, 0.6) is 11.5 Å². The van der Waals surface area contributed by atoms with Gasteiger partial charge in [-0.25, -0.2) is 8.42 Å². The van der Waals surface area contributed by atoms with Crippen LogP contribution in [-0.2, 0) is 9.84 Å². The zero-order chi connectivity index (χ0) is 16.9. The third kappa shape index (κ3) is 2.37. The lowest BCUT2D eigenvalue weighted by atomic mass is 10.1. The van der Waals surface area contributed by atoms with Crippen molar-refractivity contribution in [3.8, 4) is 11.5 Å². The van der Waals surface area contributed by atoms with Crippen LogP contribution in [0.25, 0.3) is 0 Å². The van der Waals surface area contributed by atoms with E-state index >= 15 is 0 Å². The van der Waals surface area contributed by atoms with Gasteiger partial charge in [-0.05, 0) is 49.2 Å². The highest BCUT2D eigenvalue weighted by atomic mass is 32.2. The van der Waals surface area contributed by atoms with E-state index in [4.69, 9.17) is 15.2 Å². The Bertz CT molecular complexity index is 876. The molecule has 24 heavy (non-hydrogen) atoms. The van der Waals surface area contributed by atoms with Gasteiger partial charge in [-0.1, -0.05) is 23.8 Å². The summed E-state index contributed by atoms with van der Waals surface area (Å²) in [6, 6.07) is 12.6. The predicted molar refractivity (Wildman–Crippen MR) is 90.0 cm³/mol. The SMILES string of the molecule is Cc1ccc(S(=O)(=O)[C@H]2[C@@H](CN)[C@@H]2c2ccc3c(c2)OCO3)cc1. The molecule has 2 aromatic rings. The average molecular weight is 345 g/mol. The second kappa shape index (κ2) is 5.50. The smallest absolute Gasteiger partial charge is 0.231 e. The largest absolute Gasteiger partial charge is 0.454 e. The highest BCUT2D eigenvalue weighted by Gasteiger charge is 2.58. The van der Waals surface area contributed by atoms with Gasteiger partial charge in [0.25, 0.3) is 0 Å². The third-order valence-electron chi connectivity index (χ3n) is 4.86. The van der Waals surface area contributed by atoms with Gasteiger partial charge in [0.1, 0.15) is 0 Å². The molecule has 1 aliphatic carbocycles. The Kier molecular flexibility index (Phi) is 3.54. The molecule has 3 atom stereocenters. The van der Waals surface area contributed by atoms with Gasteiger partial charge in [0.05, 0.1) is 10.1 Å². The lowest BCUT2D eigenvalue weighted by Gasteiger charge is -2.05. The van der Waals surface area contributed by atoms with Crippen LogP contribution in [0.1, 0.15) is 17.0 Å². The van der Waals surface area contributed by atoms with Crippen molar-refractivity contribution in [1.82, 2.24) is 0 Å². The van der Waals surface area contributed by atoms with Crippen LogP contribution >= 0.6 is 0 Å². The molecule has 6 heteroatoms. The molecule has 2 N–H and O–H groups in total. The Balaban J connectivity index is 1.67. The van der Waals surface area contributed by atoms with Crippen molar-refractivity contribution in [1.29, 1.82) is 0 Å². The van der Waals surface area contributed by atoms with Gasteiger partial charge in [0, 0.05) is 5.92 Å². The number of ether oxygens (including phenoxy) is 2. The van der Waals surface area contributed by atoms with Crippen molar-refractivity contribution in [2.24, 2.45) is 11.7 Å². The summed E-state index contributed by atoms with van der Waals surface area (Å²) in [4.78, 5) is 0.361. The summed E-state index contributed by atoms with van der Waals surface area (Å²) in [5, 5.41) is -0.481. The molecule has 1 saturated carbocycles. The molecule has 0 radical (unpaired) electrons. The predicted octanol–water partition coefficient (Wildman–Crippen LogP) is 2.24. The maximum Gasteiger partial charge on any atom is 0.231 e. The van der Waals surface area contributed by atoms with Gasteiger partial charge < -0.3 is 15.2 Å². The number of benzene rings is 2. The summed E-state index contributed by atoms with van der Waals surface area (Å²) < 4.78 is 36.7. The normalized spacial score (nSPS) is 24.8. The molecule has 126 valence electrons. The van der Waals surface area contributed by atoms with E-state index in [1.54, 1.807) is 12.1 Å². The van der Waals surface area contributed by atoms with Crippen molar-refractivity contribution >= 4 is 9.84 Å². The molecule has 0 amide bonds. The van der Waals surface area contributed by atoms with E-state index in [-0.39, 0.29) is 18.6 Å². The molecule has 0 unspecified atom stereocenters. The standard InChI is InChI=1S/C18H19NO4S/c1-11-2-5-13(6-3-11)24(20,21)18-14(9-19)17(18)12-4-7-15-16(8-12)23-10-22-15/h2-8,14,17-18H,9-10,19H2,1H3/t14-,17-,18-/m0/s1. The van der Waals surface area contributed by atoms with Gasteiger partial charge in [-0.3, -0.25) is 0 Å². The third-order valence-corrected chi connectivity index (χ3v) is 7.15. The van der Waals surface area contributed by atoms with E-state index in [0.29, 0.717) is 22.9 Å². The van der Waals surface area contributed by atoms with Crippen molar-refractivity contribution in [2.75, 3.05) is 13.3 Å². The molecule has 0 saturated heterocycles. The molecule has 0 aromatic heterocycles. The number of nitrogens with two attached hydrogens (primary N) is 1. The fourth-order valence-corrected chi connectivity index (χ4v) is 5.71. The lowest BCUT2D eigenvalue weighted by Crippen LogP contribution is -2.13. The minimum absolute atomic E-state index is 0.0725. The molecule has 1 fully saturated rings. The molecule has 2 aromatic carbocycles. The number of fused-ring (bicyclic) bond motifs is 1. The van der Waals surface area contributed by atoms with E-state index in [9.17, 15) is 8.42 Å². The van der Waals surface area contributed by atoms with E-state index in [1.165, 1.54) is 0 Å². The van der Waals surface area contributed by atoms with E-state index in [0.717, 1.165) is 11.1 Å². The zero-order valence-corrected chi connectivity index (χ0v) is 14.1. The molecule has 5 nitrogen and oxygen atoms in total. The maximum absolute atomic E-state index is 13.0. The van der Waals surface area contributed by atoms with Crippen molar-refractivity contribution < 1.29 is 17.9 Å². The topological polar surface area (TPSA) is 78.6 Å². The molecule has 1 aliphatic heterocycles. The second-order valence-electron chi connectivity index (χ2n) is 6.36. The van der Waals surface area contributed by atoms with Gasteiger partial charge in [0.2, 0.25) is 6.79 Å². The number of sulfone groups is 1. The van der Waals surface area contributed by atoms with Crippen molar-refractivity contribution in [3.05, 3.63) is 53.6 Å². The Labute approximate surface area is 141 Å². The summed E-state index contributed by atoms with van der Waals surface area (Å²) >= 11 is 0. The molecule has 0 spiro atoms.